The lowest BCUT2D eigenvalue weighted by Crippen LogP contribution is -2.37. The van der Waals surface area contributed by atoms with Gasteiger partial charge in [0.05, 0.1) is 6.54 Å². The van der Waals surface area contributed by atoms with E-state index in [0.717, 1.165) is 0 Å². The van der Waals surface area contributed by atoms with Crippen molar-refractivity contribution in [2.24, 2.45) is 5.73 Å². The summed E-state index contributed by atoms with van der Waals surface area (Å²) in [5.74, 6) is -1.58. The van der Waals surface area contributed by atoms with E-state index in [1.807, 2.05) is 5.48 Å². The van der Waals surface area contributed by atoms with E-state index in [1.54, 1.807) is 0 Å². The molecule has 0 heterocycles. The summed E-state index contributed by atoms with van der Waals surface area (Å²) in [7, 11) is 0. The van der Waals surface area contributed by atoms with Gasteiger partial charge in [-0.25, -0.2) is 5.48 Å². The maximum atomic E-state index is 10.7. The molecular weight excluding hydrogens is 178 g/mol. The summed E-state index contributed by atoms with van der Waals surface area (Å²) >= 11 is 0. The molecule has 4 N–H and O–H groups in total. The molecule has 0 fully saturated rings. The van der Waals surface area contributed by atoms with Gasteiger partial charge in [-0.2, -0.15) is 0 Å². The van der Waals surface area contributed by atoms with Crippen molar-refractivity contribution in [3.05, 3.63) is 0 Å². The van der Waals surface area contributed by atoms with Crippen molar-refractivity contribution in [2.45, 2.75) is 6.92 Å². The Morgan fingerprint density at radius 3 is 2.46 bits per heavy atom. The van der Waals surface area contributed by atoms with E-state index in [0.29, 0.717) is 0 Å². The molecule has 7 nitrogen and oxygen atoms in total. The van der Waals surface area contributed by atoms with E-state index in [4.69, 9.17) is 5.73 Å². The predicted molar refractivity (Wildman–Crippen MR) is 42.0 cm³/mol. The van der Waals surface area contributed by atoms with Crippen molar-refractivity contribution in [3.63, 3.8) is 0 Å². The highest BCUT2D eigenvalue weighted by atomic mass is 16.7. The van der Waals surface area contributed by atoms with Crippen LogP contribution in [0.4, 0.5) is 0 Å². The highest BCUT2D eigenvalue weighted by Crippen LogP contribution is 1.68. The number of carbonyl (C=O) groups is 3. The fourth-order valence-electron chi connectivity index (χ4n) is 0.429. The van der Waals surface area contributed by atoms with Crippen LogP contribution in [-0.4, -0.2) is 30.9 Å². The quantitative estimate of drug-likeness (QED) is 0.420. The number of nitrogens with two attached hydrogens (primary N) is 1. The van der Waals surface area contributed by atoms with Crippen LogP contribution in [0.1, 0.15) is 6.92 Å². The van der Waals surface area contributed by atoms with E-state index in [9.17, 15) is 14.4 Å². The van der Waals surface area contributed by atoms with Crippen LogP contribution in [-0.2, 0) is 19.2 Å². The third kappa shape index (κ3) is 8.27. The van der Waals surface area contributed by atoms with E-state index < -0.39 is 18.4 Å². The third-order valence-electron chi connectivity index (χ3n) is 0.898. The Labute approximate surface area is 74.6 Å². The molecule has 0 saturated heterocycles. The third-order valence-corrected chi connectivity index (χ3v) is 0.898. The monoisotopic (exact) mass is 189 g/mol. The number of hydrogen-bond acceptors (Lipinski definition) is 4. The summed E-state index contributed by atoms with van der Waals surface area (Å²) in [6, 6.07) is 0. The van der Waals surface area contributed by atoms with Crippen molar-refractivity contribution in [1.82, 2.24) is 10.8 Å². The maximum Gasteiger partial charge on any atom is 0.262 e. The van der Waals surface area contributed by atoms with Crippen LogP contribution in [0.2, 0.25) is 0 Å². The van der Waals surface area contributed by atoms with Crippen LogP contribution in [0, 0.1) is 0 Å². The zero-order chi connectivity index (χ0) is 10.3. The molecule has 0 aromatic heterocycles. The van der Waals surface area contributed by atoms with Gasteiger partial charge in [0.25, 0.3) is 5.91 Å². The average molecular weight is 189 g/mol. The lowest BCUT2D eigenvalue weighted by atomic mass is 10.6. The molecular formula is C6H11N3O4. The molecule has 0 aliphatic carbocycles. The molecule has 0 bridgehead atoms. The minimum Gasteiger partial charge on any atom is -0.368 e. The molecule has 0 aliphatic rings. The first-order valence-corrected chi connectivity index (χ1v) is 3.45. The molecule has 0 radical (unpaired) electrons. The number of rotatable bonds is 5. The summed E-state index contributed by atoms with van der Waals surface area (Å²) in [6.45, 7) is 0.678. The van der Waals surface area contributed by atoms with Gasteiger partial charge in [0.2, 0.25) is 11.8 Å². The Morgan fingerprint density at radius 1 is 1.38 bits per heavy atom. The Morgan fingerprint density at radius 2 is 2.00 bits per heavy atom. The highest BCUT2D eigenvalue weighted by Gasteiger charge is 2.02. The van der Waals surface area contributed by atoms with E-state index in [1.165, 1.54) is 6.92 Å². The number of nitrogens with one attached hydrogen (secondary N) is 2. The van der Waals surface area contributed by atoms with Crippen LogP contribution < -0.4 is 16.5 Å². The minimum atomic E-state index is -0.695. The van der Waals surface area contributed by atoms with Crippen LogP contribution in [0.5, 0.6) is 0 Å². The standard InChI is InChI=1S/C6H11N3O4/c1-4(10)8-2-6(12)9-13-3-5(7)11/h2-3H2,1H3,(H2,7,11)(H,8,10)(H,9,12). The molecule has 0 aliphatic heterocycles. The molecule has 0 rings (SSSR count). The van der Waals surface area contributed by atoms with Crippen LogP contribution in [0.3, 0.4) is 0 Å². The van der Waals surface area contributed by atoms with Gasteiger partial charge in [0.1, 0.15) is 0 Å². The Hall–Kier alpha value is -1.63. The molecule has 0 aromatic carbocycles. The number of carbonyl (C=O) groups excluding carboxylic acids is 3. The fraction of sp³-hybridized carbons (Fsp3) is 0.500. The maximum absolute atomic E-state index is 10.7. The van der Waals surface area contributed by atoms with Gasteiger partial charge >= 0.3 is 0 Å². The summed E-state index contributed by atoms with van der Waals surface area (Å²) in [6.07, 6.45) is 0. The topological polar surface area (TPSA) is 111 Å². The molecule has 0 saturated carbocycles. The van der Waals surface area contributed by atoms with Crippen molar-refractivity contribution in [1.29, 1.82) is 0 Å². The predicted octanol–water partition coefficient (Wildman–Crippen LogP) is -2.34. The van der Waals surface area contributed by atoms with Crippen molar-refractivity contribution in [3.8, 4) is 0 Å². The first-order valence-electron chi connectivity index (χ1n) is 3.45. The number of amides is 3. The lowest BCUT2D eigenvalue weighted by molar-refractivity contribution is -0.138. The van der Waals surface area contributed by atoms with Crippen molar-refractivity contribution in [2.75, 3.05) is 13.2 Å². The zero-order valence-electron chi connectivity index (χ0n) is 7.12. The molecule has 3 amide bonds. The molecule has 7 heteroatoms. The van der Waals surface area contributed by atoms with Crippen molar-refractivity contribution < 1.29 is 19.2 Å². The SMILES string of the molecule is CC(=O)NCC(=O)NOCC(N)=O. The Kier molecular flexibility index (Phi) is 5.20. The van der Waals surface area contributed by atoms with Gasteiger partial charge in [0, 0.05) is 6.92 Å². The van der Waals surface area contributed by atoms with Crippen LogP contribution in [0.15, 0.2) is 0 Å². The second-order valence-corrected chi connectivity index (χ2v) is 2.19. The molecule has 0 aromatic rings. The van der Waals surface area contributed by atoms with E-state index in [2.05, 4.69) is 10.2 Å². The minimum absolute atomic E-state index is 0.200. The van der Waals surface area contributed by atoms with Gasteiger partial charge in [-0.15, -0.1) is 0 Å². The summed E-state index contributed by atoms with van der Waals surface area (Å²) in [4.78, 5) is 35.5. The summed E-state index contributed by atoms with van der Waals surface area (Å²) in [5.41, 5.74) is 6.63. The smallest absolute Gasteiger partial charge is 0.262 e. The molecule has 0 atom stereocenters. The molecule has 0 unspecified atom stereocenters. The Balaban J connectivity index is 3.41. The van der Waals surface area contributed by atoms with Crippen molar-refractivity contribution >= 4 is 17.7 Å². The van der Waals surface area contributed by atoms with Gasteiger partial charge in [0.15, 0.2) is 6.61 Å². The van der Waals surface area contributed by atoms with Gasteiger partial charge in [-0.05, 0) is 0 Å². The van der Waals surface area contributed by atoms with Crippen LogP contribution >= 0.6 is 0 Å². The highest BCUT2D eigenvalue weighted by molar-refractivity contribution is 5.83. The van der Waals surface area contributed by atoms with Gasteiger partial charge < -0.3 is 11.1 Å². The first kappa shape index (κ1) is 11.4. The summed E-state index contributed by atoms with van der Waals surface area (Å²) in [5, 5.41) is 2.24. The van der Waals surface area contributed by atoms with E-state index in [-0.39, 0.29) is 12.5 Å². The second kappa shape index (κ2) is 5.95. The molecule has 74 valence electrons. The second-order valence-electron chi connectivity index (χ2n) is 2.19. The normalized spacial score (nSPS) is 9.00. The molecule has 13 heavy (non-hydrogen) atoms. The summed E-state index contributed by atoms with van der Waals surface area (Å²) < 4.78 is 0. The first-order chi connectivity index (χ1) is 6.02. The van der Waals surface area contributed by atoms with Crippen LogP contribution in [0.25, 0.3) is 0 Å². The van der Waals surface area contributed by atoms with Gasteiger partial charge in [-0.1, -0.05) is 0 Å². The Bertz CT molecular complexity index is 216. The molecule has 0 spiro atoms. The largest absolute Gasteiger partial charge is 0.368 e. The number of hydrogen-bond donors (Lipinski definition) is 3. The van der Waals surface area contributed by atoms with E-state index >= 15 is 0 Å². The fourth-order valence-corrected chi connectivity index (χ4v) is 0.429. The number of hydroxylamine groups is 1. The zero-order valence-corrected chi connectivity index (χ0v) is 7.12. The number of primary amides is 1. The van der Waals surface area contributed by atoms with Gasteiger partial charge in [-0.3, -0.25) is 19.2 Å². The lowest BCUT2D eigenvalue weighted by Gasteiger charge is -2.03. The average Bonchev–Trinajstić information content (AvgIpc) is 2.00.